The van der Waals surface area contributed by atoms with Crippen LogP contribution < -0.4 is 11.1 Å². The number of esters is 1. The van der Waals surface area contributed by atoms with Crippen molar-refractivity contribution < 1.29 is 27.5 Å². The molecule has 1 atom stereocenters. The number of ether oxygens (including phenoxy) is 1. The summed E-state index contributed by atoms with van der Waals surface area (Å²) in [5.41, 5.74) is 5.22. The normalized spacial score (nSPS) is 13.1. The fourth-order valence-corrected chi connectivity index (χ4v) is 0.711. The van der Waals surface area contributed by atoms with E-state index in [0.717, 1.165) is 7.11 Å². The summed E-state index contributed by atoms with van der Waals surface area (Å²) in [7, 11) is 1.11. The van der Waals surface area contributed by atoms with Gasteiger partial charge in [0.1, 0.15) is 6.04 Å². The Labute approximate surface area is 83.8 Å². The van der Waals surface area contributed by atoms with Crippen molar-refractivity contribution in [3.63, 3.8) is 0 Å². The van der Waals surface area contributed by atoms with Crippen LogP contribution in [0.25, 0.3) is 0 Å². The number of carbonyl (C=O) groups excluding carboxylic acids is 2. The maximum atomic E-state index is 11.7. The zero-order chi connectivity index (χ0) is 12.1. The first kappa shape index (κ1) is 13.7. The van der Waals surface area contributed by atoms with Crippen LogP contribution in [0.1, 0.15) is 6.42 Å². The van der Waals surface area contributed by atoms with Crippen molar-refractivity contribution in [3.8, 4) is 0 Å². The summed E-state index contributed by atoms with van der Waals surface area (Å²) in [6.07, 6.45) is -5.04. The number of nitrogens with one attached hydrogen (secondary N) is 1. The minimum absolute atomic E-state index is 0.117. The van der Waals surface area contributed by atoms with E-state index in [4.69, 9.17) is 5.73 Å². The topological polar surface area (TPSA) is 81.4 Å². The molecule has 1 amide bonds. The average molecular weight is 228 g/mol. The average Bonchev–Trinajstić information content (AvgIpc) is 2.14. The highest BCUT2D eigenvalue weighted by molar-refractivity contribution is 5.81. The van der Waals surface area contributed by atoms with Gasteiger partial charge < -0.3 is 15.8 Å². The molecular formula is C7H11F3N2O3. The van der Waals surface area contributed by atoms with Crippen LogP contribution in [0.2, 0.25) is 0 Å². The molecule has 88 valence electrons. The van der Waals surface area contributed by atoms with Crippen molar-refractivity contribution in [2.24, 2.45) is 5.73 Å². The molecule has 0 bridgehead atoms. The SMILES string of the molecule is COC(=O)C(N)CCNC(=O)C(F)(F)F. The fourth-order valence-electron chi connectivity index (χ4n) is 0.711. The molecular weight excluding hydrogens is 217 g/mol. The van der Waals surface area contributed by atoms with E-state index in [1.807, 2.05) is 0 Å². The highest BCUT2D eigenvalue weighted by Gasteiger charge is 2.38. The zero-order valence-corrected chi connectivity index (χ0v) is 7.93. The van der Waals surface area contributed by atoms with Crippen LogP contribution in [0.5, 0.6) is 0 Å². The number of rotatable bonds is 4. The fraction of sp³-hybridized carbons (Fsp3) is 0.714. The van der Waals surface area contributed by atoms with E-state index in [0.29, 0.717) is 0 Å². The molecule has 0 fully saturated rings. The Balaban J connectivity index is 3.81. The second-order valence-electron chi connectivity index (χ2n) is 2.67. The van der Waals surface area contributed by atoms with Crippen molar-refractivity contribution in [2.45, 2.75) is 18.6 Å². The zero-order valence-electron chi connectivity index (χ0n) is 7.93. The molecule has 0 aromatic heterocycles. The molecule has 15 heavy (non-hydrogen) atoms. The third kappa shape index (κ3) is 5.21. The number of amides is 1. The lowest BCUT2D eigenvalue weighted by molar-refractivity contribution is -0.173. The Hall–Kier alpha value is -1.31. The molecule has 3 N–H and O–H groups in total. The second-order valence-corrected chi connectivity index (χ2v) is 2.67. The first-order valence-electron chi connectivity index (χ1n) is 3.97. The summed E-state index contributed by atoms with van der Waals surface area (Å²) >= 11 is 0. The van der Waals surface area contributed by atoms with Gasteiger partial charge in [-0.3, -0.25) is 9.59 Å². The van der Waals surface area contributed by atoms with Crippen molar-refractivity contribution >= 4 is 11.9 Å². The smallest absolute Gasteiger partial charge is 0.468 e. The van der Waals surface area contributed by atoms with Crippen molar-refractivity contribution in [2.75, 3.05) is 13.7 Å². The van der Waals surface area contributed by atoms with Crippen LogP contribution >= 0.6 is 0 Å². The second kappa shape index (κ2) is 5.54. The molecule has 8 heteroatoms. The molecule has 0 saturated carbocycles. The standard InChI is InChI=1S/C7H11F3N2O3/c1-15-5(13)4(11)2-3-12-6(14)7(8,9)10/h4H,2-3,11H2,1H3,(H,12,14). The number of carbonyl (C=O) groups is 2. The van der Waals surface area contributed by atoms with E-state index in [-0.39, 0.29) is 13.0 Å². The lowest BCUT2D eigenvalue weighted by atomic mass is 10.2. The van der Waals surface area contributed by atoms with Gasteiger partial charge in [0.05, 0.1) is 7.11 Å². The number of nitrogens with two attached hydrogens (primary N) is 1. The van der Waals surface area contributed by atoms with Crippen LogP contribution in [0.15, 0.2) is 0 Å². The van der Waals surface area contributed by atoms with Crippen LogP contribution in [-0.2, 0) is 14.3 Å². The predicted molar refractivity (Wildman–Crippen MR) is 43.7 cm³/mol. The van der Waals surface area contributed by atoms with E-state index >= 15 is 0 Å². The molecule has 0 rings (SSSR count). The maximum Gasteiger partial charge on any atom is 0.471 e. The van der Waals surface area contributed by atoms with Crippen LogP contribution in [0, 0.1) is 0 Å². The quantitative estimate of drug-likeness (QED) is 0.639. The lowest BCUT2D eigenvalue weighted by Crippen LogP contribution is -2.40. The molecule has 1 unspecified atom stereocenters. The highest BCUT2D eigenvalue weighted by atomic mass is 19.4. The number of methoxy groups -OCH3 is 1. The van der Waals surface area contributed by atoms with Crippen LogP contribution in [-0.4, -0.2) is 37.7 Å². The van der Waals surface area contributed by atoms with Gasteiger partial charge in [0.2, 0.25) is 0 Å². The Bertz CT molecular complexity index is 242. The van der Waals surface area contributed by atoms with Gasteiger partial charge in [-0.15, -0.1) is 0 Å². The Morgan fingerprint density at radius 1 is 1.47 bits per heavy atom. The lowest BCUT2D eigenvalue weighted by Gasteiger charge is -2.10. The summed E-state index contributed by atoms with van der Waals surface area (Å²) < 4.78 is 39.2. The number of halogens is 3. The van der Waals surface area contributed by atoms with E-state index in [2.05, 4.69) is 4.74 Å². The van der Waals surface area contributed by atoms with Gasteiger partial charge in [-0.25, -0.2) is 0 Å². The summed E-state index contributed by atoms with van der Waals surface area (Å²) in [6, 6.07) is -1.04. The van der Waals surface area contributed by atoms with Crippen LogP contribution in [0.3, 0.4) is 0 Å². The Morgan fingerprint density at radius 3 is 2.40 bits per heavy atom. The summed E-state index contributed by atoms with van der Waals surface area (Å²) in [4.78, 5) is 21.0. The predicted octanol–water partition coefficient (Wildman–Crippen LogP) is -0.445. The summed E-state index contributed by atoms with van der Waals surface area (Å²) in [5, 5.41) is 1.58. The Kier molecular flexibility index (Phi) is 5.06. The van der Waals surface area contributed by atoms with E-state index < -0.39 is 24.1 Å². The van der Waals surface area contributed by atoms with Gasteiger partial charge >= 0.3 is 18.1 Å². The van der Waals surface area contributed by atoms with Gasteiger partial charge in [0.15, 0.2) is 0 Å². The molecule has 0 aromatic rings. The van der Waals surface area contributed by atoms with Crippen LogP contribution in [0.4, 0.5) is 13.2 Å². The third-order valence-electron chi connectivity index (χ3n) is 1.50. The molecule has 5 nitrogen and oxygen atoms in total. The van der Waals surface area contributed by atoms with Gasteiger partial charge in [0.25, 0.3) is 0 Å². The van der Waals surface area contributed by atoms with Crippen molar-refractivity contribution in [1.29, 1.82) is 0 Å². The molecule has 0 saturated heterocycles. The van der Waals surface area contributed by atoms with Gasteiger partial charge in [-0.1, -0.05) is 0 Å². The minimum Gasteiger partial charge on any atom is -0.468 e. The van der Waals surface area contributed by atoms with E-state index in [1.165, 1.54) is 0 Å². The molecule has 0 aromatic carbocycles. The first-order chi connectivity index (χ1) is 6.79. The first-order valence-corrected chi connectivity index (χ1v) is 3.97. The monoisotopic (exact) mass is 228 g/mol. The molecule has 0 aliphatic heterocycles. The van der Waals surface area contributed by atoms with E-state index in [9.17, 15) is 22.8 Å². The Morgan fingerprint density at radius 2 is 2.00 bits per heavy atom. The van der Waals surface area contributed by atoms with Gasteiger partial charge in [0, 0.05) is 6.54 Å². The van der Waals surface area contributed by atoms with E-state index in [1.54, 1.807) is 5.32 Å². The molecule has 0 spiro atoms. The molecule has 0 aliphatic carbocycles. The minimum atomic E-state index is -4.92. The number of alkyl halides is 3. The third-order valence-corrected chi connectivity index (χ3v) is 1.50. The molecule has 0 heterocycles. The summed E-state index contributed by atoms with van der Waals surface area (Å²) in [5.74, 6) is -2.80. The van der Waals surface area contributed by atoms with Gasteiger partial charge in [-0.05, 0) is 6.42 Å². The van der Waals surface area contributed by atoms with Gasteiger partial charge in [-0.2, -0.15) is 13.2 Å². The molecule has 0 aliphatic rings. The maximum absolute atomic E-state index is 11.7. The summed E-state index contributed by atoms with van der Waals surface area (Å²) in [6.45, 7) is -0.339. The molecule has 0 radical (unpaired) electrons. The van der Waals surface area contributed by atoms with Crippen molar-refractivity contribution in [3.05, 3.63) is 0 Å². The highest BCUT2D eigenvalue weighted by Crippen LogP contribution is 2.13. The number of hydrogen-bond acceptors (Lipinski definition) is 4. The number of hydrogen-bond donors (Lipinski definition) is 2. The largest absolute Gasteiger partial charge is 0.471 e. The van der Waals surface area contributed by atoms with Crippen molar-refractivity contribution in [1.82, 2.24) is 5.32 Å².